The number of aliphatic carboxylic acids is 1. The van der Waals surface area contributed by atoms with Crippen molar-refractivity contribution in [1.29, 1.82) is 0 Å². The van der Waals surface area contributed by atoms with Crippen LogP contribution in [0.4, 0.5) is 0 Å². The molecule has 4 aliphatic rings. The maximum absolute atomic E-state index is 12.0. The van der Waals surface area contributed by atoms with Crippen LogP contribution in [0.3, 0.4) is 0 Å². The highest BCUT2D eigenvalue weighted by Gasteiger charge is 2.54. The summed E-state index contributed by atoms with van der Waals surface area (Å²) in [5, 5.41) is 49.7. The number of aliphatic hydroxyl groups is 4. The third-order valence-electron chi connectivity index (χ3n) is 7.27. The Morgan fingerprint density at radius 3 is 2.44 bits per heavy atom. The van der Waals surface area contributed by atoms with Crippen LogP contribution < -0.4 is 0 Å². The molecule has 10 heteroatoms. The largest absolute Gasteiger partial charge is 0.497 e. The molecule has 0 unspecified atom stereocenters. The Kier molecular flexibility index (Phi) is 6.36. The van der Waals surface area contributed by atoms with Crippen LogP contribution in [0.1, 0.15) is 18.4 Å². The number of carbonyl (C=O) groups is 1. The highest BCUT2D eigenvalue weighted by atomic mass is 16.8. The van der Waals surface area contributed by atoms with Crippen LogP contribution in [-0.2, 0) is 23.7 Å². The van der Waals surface area contributed by atoms with E-state index in [0.29, 0.717) is 12.8 Å². The molecule has 0 spiro atoms. The zero-order valence-corrected chi connectivity index (χ0v) is 18.2. The summed E-state index contributed by atoms with van der Waals surface area (Å²) in [6, 6.07) is 9.79. The molecule has 3 heterocycles. The molecule has 2 fully saturated rings. The van der Waals surface area contributed by atoms with Crippen molar-refractivity contribution in [3.8, 4) is 0 Å². The van der Waals surface area contributed by atoms with Gasteiger partial charge >= 0.3 is 5.97 Å². The molecule has 5 rings (SSSR count). The Hall–Kier alpha value is -2.47. The van der Waals surface area contributed by atoms with Crippen molar-refractivity contribution >= 4 is 11.5 Å². The van der Waals surface area contributed by atoms with Gasteiger partial charge in [-0.1, -0.05) is 30.3 Å². The van der Waals surface area contributed by atoms with E-state index in [2.05, 4.69) is 0 Å². The van der Waals surface area contributed by atoms with Crippen LogP contribution in [-0.4, -0.2) is 81.2 Å². The number of benzene rings is 1. The Labute approximate surface area is 195 Å². The van der Waals surface area contributed by atoms with Crippen LogP contribution in [0.25, 0.3) is 5.57 Å². The Morgan fingerprint density at radius 2 is 1.74 bits per heavy atom. The lowest BCUT2D eigenvalue weighted by atomic mass is 9.65. The Morgan fingerprint density at radius 1 is 0.971 bits per heavy atom. The number of rotatable bonds is 5. The molecule has 3 aliphatic heterocycles. The normalized spacial score (nSPS) is 41.3. The molecule has 1 saturated carbocycles. The molecule has 1 saturated heterocycles. The van der Waals surface area contributed by atoms with E-state index in [0.717, 1.165) is 17.4 Å². The van der Waals surface area contributed by atoms with E-state index in [4.69, 9.17) is 18.9 Å². The lowest BCUT2D eigenvalue weighted by Gasteiger charge is -2.49. The smallest absolute Gasteiger partial charge is 0.334 e. The van der Waals surface area contributed by atoms with Crippen LogP contribution in [0.5, 0.6) is 0 Å². The first kappa shape index (κ1) is 23.3. The van der Waals surface area contributed by atoms with Gasteiger partial charge in [0.2, 0.25) is 6.29 Å². The molecule has 10 nitrogen and oxygen atoms in total. The second-order valence-corrected chi connectivity index (χ2v) is 9.18. The predicted octanol–water partition coefficient (Wildman–Crippen LogP) is 0.210. The number of hydrogen-bond acceptors (Lipinski definition) is 9. The van der Waals surface area contributed by atoms with E-state index < -0.39 is 67.5 Å². The highest BCUT2D eigenvalue weighted by Crippen LogP contribution is 2.51. The molecule has 1 aliphatic carbocycles. The van der Waals surface area contributed by atoms with Crippen molar-refractivity contribution in [2.24, 2.45) is 17.8 Å². The van der Waals surface area contributed by atoms with Crippen LogP contribution in [0.2, 0.25) is 0 Å². The van der Waals surface area contributed by atoms with Gasteiger partial charge in [-0.25, -0.2) is 4.79 Å². The Bertz CT molecular complexity index is 960. The second kappa shape index (κ2) is 9.29. The molecular formula is C24H28O10. The van der Waals surface area contributed by atoms with Gasteiger partial charge in [0.1, 0.15) is 30.5 Å². The SMILES string of the molecule is O=C(O)C1=CO[C@@H](O[C@@H]2O[C@H](CO)[C@@H](O)[C@H](O)[C@H]2O)[C@H]2[C@@H]1C[C@H]1C[C@H]2OC=C1c1ccccc1. The van der Waals surface area contributed by atoms with E-state index >= 15 is 0 Å². The number of allylic oxidation sites excluding steroid dienone is 1. The summed E-state index contributed by atoms with van der Waals surface area (Å²) in [6.07, 6.45) is -4.65. The van der Waals surface area contributed by atoms with E-state index in [1.165, 1.54) is 0 Å². The minimum absolute atomic E-state index is 0.0798. The van der Waals surface area contributed by atoms with Crippen LogP contribution in [0.15, 0.2) is 48.4 Å². The number of aliphatic hydroxyl groups excluding tert-OH is 4. The van der Waals surface area contributed by atoms with Gasteiger partial charge in [0, 0.05) is 5.92 Å². The van der Waals surface area contributed by atoms with Gasteiger partial charge in [0.15, 0.2) is 6.29 Å². The summed E-state index contributed by atoms with van der Waals surface area (Å²) < 4.78 is 23.1. The lowest BCUT2D eigenvalue weighted by Crippen LogP contribution is -2.61. The van der Waals surface area contributed by atoms with Crippen molar-refractivity contribution in [1.82, 2.24) is 0 Å². The van der Waals surface area contributed by atoms with Gasteiger partial charge in [-0.2, -0.15) is 0 Å². The lowest BCUT2D eigenvalue weighted by molar-refractivity contribution is -0.346. The van der Waals surface area contributed by atoms with E-state index in [9.17, 15) is 30.3 Å². The average molecular weight is 476 g/mol. The minimum Gasteiger partial charge on any atom is -0.497 e. The van der Waals surface area contributed by atoms with Crippen molar-refractivity contribution in [2.45, 2.75) is 55.9 Å². The van der Waals surface area contributed by atoms with E-state index in [1.807, 2.05) is 30.3 Å². The molecule has 0 radical (unpaired) electrons. The summed E-state index contributed by atoms with van der Waals surface area (Å²) in [6.45, 7) is -0.591. The standard InChI is InChI=1S/C24H28O10/c25-8-17-19(26)20(27)21(28)24(33-17)34-23-18-13(15(10-32-23)22(29)30)6-12-7-16(18)31-9-14(12)11-4-2-1-3-5-11/h1-5,9-10,12-13,16-21,23-28H,6-8H2,(H,29,30)/t12-,13+,16+,17+,18-,19+,20-,21+,23-,24-/m0/s1. The highest BCUT2D eigenvalue weighted by molar-refractivity contribution is 5.87. The fraction of sp³-hybridized carbons (Fsp3) is 0.542. The van der Waals surface area contributed by atoms with Crippen LogP contribution >= 0.6 is 0 Å². The summed E-state index contributed by atoms with van der Waals surface area (Å²) >= 11 is 0. The van der Waals surface area contributed by atoms with Crippen molar-refractivity contribution in [3.05, 3.63) is 54.0 Å². The zero-order chi connectivity index (χ0) is 24.0. The molecular weight excluding hydrogens is 448 g/mol. The molecule has 5 N–H and O–H groups in total. The molecule has 10 atom stereocenters. The molecule has 184 valence electrons. The monoisotopic (exact) mass is 476 g/mol. The van der Waals surface area contributed by atoms with Gasteiger partial charge in [0.25, 0.3) is 0 Å². The van der Waals surface area contributed by atoms with Crippen molar-refractivity contribution in [3.63, 3.8) is 0 Å². The fourth-order valence-electron chi connectivity index (χ4n) is 5.51. The topological polar surface area (TPSA) is 155 Å². The summed E-state index contributed by atoms with van der Waals surface area (Å²) in [7, 11) is 0. The first-order valence-electron chi connectivity index (χ1n) is 11.3. The second-order valence-electron chi connectivity index (χ2n) is 9.18. The van der Waals surface area contributed by atoms with E-state index in [-0.39, 0.29) is 11.5 Å². The molecule has 34 heavy (non-hydrogen) atoms. The number of carboxylic acid groups (broad SMARTS) is 1. The maximum Gasteiger partial charge on any atom is 0.334 e. The van der Waals surface area contributed by atoms with Gasteiger partial charge in [0.05, 0.1) is 30.6 Å². The fourth-order valence-corrected chi connectivity index (χ4v) is 5.51. The molecule has 1 aromatic rings. The first-order valence-corrected chi connectivity index (χ1v) is 11.3. The zero-order valence-electron chi connectivity index (χ0n) is 18.2. The number of hydrogen-bond donors (Lipinski definition) is 5. The van der Waals surface area contributed by atoms with Crippen molar-refractivity contribution in [2.75, 3.05) is 6.61 Å². The molecule has 2 bridgehead atoms. The average Bonchev–Trinajstić information content (AvgIpc) is 2.84. The molecule has 0 aromatic heterocycles. The van der Waals surface area contributed by atoms with Gasteiger partial charge in [-0.15, -0.1) is 0 Å². The number of carboxylic acids is 1. The summed E-state index contributed by atoms with van der Waals surface area (Å²) in [5.74, 6) is -1.98. The third kappa shape index (κ3) is 4.00. The summed E-state index contributed by atoms with van der Waals surface area (Å²) in [5.41, 5.74) is 2.15. The predicted molar refractivity (Wildman–Crippen MR) is 114 cm³/mol. The van der Waals surface area contributed by atoms with Crippen LogP contribution in [0, 0.1) is 17.8 Å². The first-order chi connectivity index (χ1) is 16.4. The van der Waals surface area contributed by atoms with Crippen molar-refractivity contribution < 1.29 is 49.3 Å². The van der Waals surface area contributed by atoms with Gasteiger partial charge in [-0.05, 0) is 29.9 Å². The van der Waals surface area contributed by atoms with Gasteiger partial charge in [-0.3, -0.25) is 0 Å². The molecule has 1 aromatic carbocycles. The summed E-state index contributed by atoms with van der Waals surface area (Å²) in [4.78, 5) is 12.0. The third-order valence-corrected chi connectivity index (χ3v) is 7.27. The number of fused-ring (bicyclic) bond motifs is 4. The van der Waals surface area contributed by atoms with Gasteiger partial charge < -0.3 is 44.5 Å². The maximum atomic E-state index is 12.0. The quantitative estimate of drug-likeness (QED) is 0.398. The molecule has 0 amide bonds. The number of ether oxygens (including phenoxy) is 4. The Balaban J connectivity index is 1.41. The van der Waals surface area contributed by atoms with E-state index in [1.54, 1.807) is 6.26 Å². The minimum atomic E-state index is -1.60.